The molecule has 1 aromatic carbocycles. The zero-order valence-electron chi connectivity index (χ0n) is 10.8. The Kier molecular flexibility index (Phi) is 7.05. The molecule has 1 aliphatic heterocycles. The molecular formula is C13H17Cl2FN2O2. The maximum absolute atomic E-state index is 12.9. The van der Waals surface area contributed by atoms with Gasteiger partial charge in [0.05, 0.1) is 5.02 Å². The van der Waals surface area contributed by atoms with E-state index in [-0.39, 0.29) is 36.0 Å². The quantitative estimate of drug-likeness (QED) is 0.893. The highest BCUT2D eigenvalue weighted by atomic mass is 35.5. The Morgan fingerprint density at radius 1 is 1.55 bits per heavy atom. The molecule has 112 valence electrons. The van der Waals surface area contributed by atoms with Crippen molar-refractivity contribution >= 4 is 29.9 Å². The van der Waals surface area contributed by atoms with Crippen LogP contribution in [0.15, 0.2) is 18.2 Å². The van der Waals surface area contributed by atoms with Crippen LogP contribution in [0.4, 0.5) is 4.39 Å². The van der Waals surface area contributed by atoms with E-state index in [9.17, 15) is 9.18 Å². The second-order valence-electron chi connectivity index (χ2n) is 4.48. The van der Waals surface area contributed by atoms with Crippen molar-refractivity contribution < 1.29 is 13.9 Å². The fourth-order valence-electron chi connectivity index (χ4n) is 1.96. The number of rotatable bonds is 4. The van der Waals surface area contributed by atoms with Gasteiger partial charge >= 0.3 is 0 Å². The van der Waals surface area contributed by atoms with E-state index in [4.69, 9.17) is 16.3 Å². The number of ether oxygens (including phenoxy) is 1. The lowest BCUT2D eigenvalue weighted by molar-refractivity contribution is -0.123. The number of amides is 1. The first-order chi connectivity index (χ1) is 9.15. The summed E-state index contributed by atoms with van der Waals surface area (Å²) in [6, 6.07) is 4.16. The van der Waals surface area contributed by atoms with Crippen molar-refractivity contribution in [3.8, 4) is 5.75 Å². The number of carbonyl (C=O) groups is 1. The summed E-state index contributed by atoms with van der Waals surface area (Å²) in [7, 11) is 0. The summed E-state index contributed by atoms with van der Waals surface area (Å²) in [4.78, 5) is 11.7. The lowest BCUT2D eigenvalue weighted by atomic mass is 10.1. The minimum atomic E-state index is -0.508. The van der Waals surface area contributed by atoms with E-state index in [1.807, 2.05) is 0 Å². The topological polar surface area (TPSA) is 50.4 Å². The van der Waals surface area contributed by atoms with Crippen molar-refractivity contribution in [3.63, 3.8) is 0 Å². The van der Waals surface area contributed by atoms with E-state index in [1.54, 1.807) is 0 Å². The number of nitrogens with one attached hydrogen (secondary N) is 2. The van der Waals surface area contributed by atoms with Crippen molar-refractivity contribution in [2.45, 2.75) is 18.9 Å². The molecule has 0 aliphatic carbocycles. The third kappa shape index (κ3) is 5.15. The summed E-state index contributed by atoms with van der Waals surface area (Å²) >= 11 is 5.62. The number of hydrogen-bond donors (Lipinski definition) is 2. The predicted octanol–water partition coefficient (Wildman–Crippen LogP) is 2.15. The first-order valence-electron chi connectivity index (χ1n) is 6.23. The molecule has 1 aromatic rings. The number of benzene rings is 1. The van der Waals surface area contributed by atoms with E-state index < -0.39 is 5.82 Å². The third-order valence-corrected chi connectivity index (χ3v) is 3.21. The summed E-state index contributed by atoms with van der Waals surface area (Å²) in [5, 5.41) is 6.08. The van der Waals surface area contributed by atoms with Gasteiger partial charge in [-0.3, -0.25) is 4.79 Å². The Labute approximate surface area is 128 Å². The zero-order valence-corrected chi connectivity index (χ0v) is 12.4. The number of halogens is 3. The molecule has 20 heavy (non-hydrogen) atoms. The summed E-state index contributed by atoms with van der Waals surface area (Å²) in [6.07, 6.45) is 2.03. The SMILES string of the molecule is Cl.O=C(COc1ccc(F)c(Cl)c1)N[C@H]1CCCNC1. The van der Waals surface area contributed by atoms with Crippen molar-refractivity contribution in [2.75, 3.05) is 19.7 Å². The van der Waals surface area contributed by atoms with Crippen LogP contribution in [0.1, 0.15) is 12.8 Å². The minimum absolute atomic E-state index is 0. The van der Waals surface area contributed by atoms with Gasteiger partial charge in [-0.25, -0.2) is 4.39 Å². The van der Waals surface area contributed by atoms with E-state index in [0.29, 0.717) is 5.75 Å². The van der Waals surface area contributed by atoms with E-state index in [2.05, 4.69) is 10.6 Å². The maximum atomic E-state index is 12.9. The summed E-state index contributed by atoms with van der Waals surface area (Å²) in [6.45, 7) is 1.68. The fraction of sp³-hybridized carbons (Fsp3) is 0.462. The molecule has 0 unspecified atom stereocenters. The molecule has 4 nitrogen and oxygen atoms in total. The van der Waals surface area contributed by atoms with Crippen LogP contribution in [0, 0.1) is 5.82 Å². The average molecular weight is 323 g/mol. The van der Waals surface area contributed by atoms with Gasteiger partial charge in [0.1, 0.15) is 11.6 Å². The molecule has 1 amide bonds. The van der Waals surface area contributed by atoms with Gasteiger partial charge < -0.3 is 15.4 Å². The molecule has 1 heterocycles. The Morgan fingerprint density at radius 3 is 3.00 bits per heavy atom. The van der Waals surface area contributed by atoms with E-state index >= 15 is 0 Å². The molecule has 1 fully saturated rings. The molecule has 7 heteroatoms. The van der Waals surface area contributed by atoms with Gasteiger partial charge in [0.25, 0.3) is 5.91 Å². The standard InChI is InChI=1S/C13H16ClFN2O2.ClH/c14-11-6-10(3-4-12(11)15)19-8-13(18)17-9-2-1-5-16-7-9;/h3-4,6,9,16H,1-2,5,7-8H2,(H,17,18);1H/t9-;/m0./s1. The van der Waals surface area contributed by atoms with Gasteiger partial charge in [-0.2, -0.15) is 0 Å². The predicted molar refractivity (Wildman–Crippen MR) is 78.2 cm³/mol. The highest BCUT2D eigenvalue weighted by Gasteiger charge is 2.15. The Balaban J connectivity index is 0.00000200. The molecule has 2 N–H and O–H groups in total. The molecule has 0 saturated carbocycles. The number of carbonyl (C=O) groups excluding carboxylic acids is 1. The fourth-order valence-corrected chi connectivity index (χ4v) is 2.13. The summed E-state index contributed by atoms with van der Waals surface area (Å²) < 4.78 is 18.2. The molecule has 1 saturated heterocycles. The van der Waals surface area contributed by atoms with Gasteiger partial charge in [0.15, 0.2) is 6.61 Å². The van der Waals surface area contributed by atoms with Crippen LogP contribution >= 0.6 is 24.0 Å². The van der Waals surface area contributed by atoms with Gasteiger partial charge in [0, 0.05) is 18.7 Å². The molecular weight excluding hydrogens is 306 g/mol. The van der Waals surface area contributed by atoms with Gasteiger partial charge in [-0.05, 0) is 31.5 Å². The van der Waals surface area contributed by atoms with Crippen LogP contribution in [0.3, 0.4) is 0 Å². The van der Waals surface area contributed by atoms with Crippen molar-refractivity contribution in [1.29, 1.82) is 0 Å². The molecule has 1 aliphatic rings. The van der Waals surface area contributed by atoms with Crippen LogP contribution in [0.2, 0.25) is 5.02 Å². The zero-order chi connectivity index (χ0) is 13.7. The first-order valence-corrected chi connectivity index (χ1v) is 6.61. The molecule has 0 aromatic heterocycles. The van der Waals surface area contributed by atoms with Crippen LogP contribution in [-0.2, 0) is 4.79 Å². The summed E-state index contributed by atoms with van der Waals surface area (Å²) in [5.41, 5.74) is 0. The molecule has 1 atom stereocenters. The smallest absolute Gasteiger partial charge is 0.258 e. The third-order valence-electron chi connectivity index (χ3n) is 2.92. The largest absolute Gasteiger partial charge is 0.484 e. The number of piperidine rings is 1. The second-order valence-corrected chi connectivity index (χ2v) is 4.88. The minimum Gasteiger partial charge on any atom is -0.484 e. The van der Waals surface area contributed by atoms with Crippen LogP contribution in [0.5, 0.6) is 5.75 Å². The van der Waals surface area contributed by atoms with Crippen LogP contribution < -0.4 is 15.4 Å². The molecule has 2 rings (SSSR count). The Bertz CT molecular complexity index is 454. The highest BCUT2D eigenvalue weighted by Crippen LogP contribution is 2.20. The second kappa shape index (κ2) is 8.29. The first kappa shape index (κ1) is 17.0. The van der Waals surface area contributed by atoms with Crippen LogP contribution in [-0.4, -0.2) is 31.6 Å². The van der Waals surface area contributed by atoms with E-state index in [0.717, 1.165) is 25.9 Å². The van der Waals surface area contributed by atoms with Gasteiger partial charge in [-0.15, -0.1) is 12.4 Å². The molecule has 0 radical (unpaired) electrons. The van der Waals surface area contributed by atoms with Gasteiger partial charge in [0.2, 0.25) is 0 Å². The molecule has 0 spiro atoms. The molecule has 0 bridgehead atoms. The monoisotopic (exact) mass is 322 g/mol. The maximum Gasteiger partial charge on any atom is 0.258 e. The summed E-state index contributed by atoms with van der Waals surface area (Å²) in [5.74, 6) is -0.316. The Hall–Kier alpha value is -1.04. The highest BCUT2D eigenvalue weighted by molar-refractivity contribution is 6.30. The van der Waals surface area contributed by atoms with E-state index in [1.165, 1.54) is 18.2 Å². The lowest BCUT2D eigenvalue weighted by Crippen LogP contribution is -2.46. The normalized spacial score (nSPS) is 18.0. The van der Waals surface area contributed by atoms with Crippen LogP contribution in [0.25, 0.3) is 0 Å². The Morgan fingerprint density at radius 2 is 2.35 bits per heavy atom. The number of hydrogen-bond acceptors (Lipinski definition) is 3. The van der Waals surface area contributed by atoms with Gasteiger partial charge in [-0.1, -0.05) is 11.6 Å². The lowest BCUT2D eigenvalue weighted by Gasteiger charge is -2.23. The van der Waals surface area contributed by atoms with Crippen molar-refractivity contribution in [1.82, 2.24) is 10.6 Å². The average Bonchev–Trinajstić information content (AvgIpc) is 2.41. The van der Waals surface area contributed by atoms with Crippen molar-refractivity contribution in [3.05, 3.63) is 29.0 Å². The van der Waals surface area contributed by atoms with Crippen molar-refractivity contribution in [2.24, 2.45) is 0 Å².